The van der Waals surface area contributed by atoms with Crippen LogP contribution in [0, 0.1) is 0 Å². The number of alkyl halides is 3. The predicted octanol–water partition coefficient (Wildman–Crippen LogP) is 1.09. The minimum Gasteiger partial charge on any atom is -0.481 e. The van der Waals surface area contributed by atoms with Gasteiger partial charge < -0.3 is 40.3 Å². The van der Waals surface area contributed by atoms with Gasteiger partial charge >= 0.3 is 18.2 Å². The van der Waals surface area contributed by atoms with Crippen LogP contribution in [0.2, 0.25) is 0 Å². The van der Waals surface area contributed by atoms with Gasteiger partial charge in [0, 0.05) is 45.2 Å². The van der Waals surface area contributed by atoms with E-state index in [0.717, 1.165) is 9.80 Å². The van der Waals surface area contributed by atoms with E-state index >= 15 is 0 Å². The number of hydrogen-bond acceptors (Lipinski definition) is 8. The number of likely N-dealkylation sites (tertiary alicyclic amines) is 1. The minimum atomic E-state index is -4.62. The highest BCUT2D eigenvalue weighted by molar-refractivity contribution is 5.96. The Labute approximate surface area is 277 Å². The third-order valence-corrected chi connectivity index (χ3v) is 7.97. The summed E-state index contributed by atoms with van der Waals surface area (Å²) in [4.78, 5) is 78.8. The zero-order chi connectivity index (χ0) is 35.9. The number of carbonyl (C=O) groups is 6. The Balaban J connectivity index is 1.52. The van der Waals surface area contributed by atoms with E-state index < -0.39 is 73.0 Å². The molecule has 19 heteroatoms. The second-order valence-electron chi connectivity index (χ2n) is 11.5. The van der Waals surface area contributed by atoms with Crippen molar-refractivity contribution in [3.8, 4) is 11.6 Å². The number of carbonyl (C=O) groups excluding carboxylic acids is 4. The van der Waals surface area contributed by atoms with Crippen LogP contribution in [0.15, 0.2) is 36.4 Å². The van der Waals surface area contributed by atoms with Crippen LogP contribution in [0.3, 0.4) is 0 Å². The summed E-state index contributed by atoms with van der Waals surface area (Å²) in [6, 6.07) is 7.11. The van der Waals surface area contributed by atoms with Gasteiger partial charge in [0.2, 0.25) is 17.7 Å². The molecule has 4 N–H and O–H groups in total. The van der Waals surface area contributed by atoms with Crippen molar-refractivity contribution in [2.75, 3.05) is 39.3 Å². The van der Waals surface area contributed by atoms with Gasteiger partial charge in [-0.3, -0.25) is 24.0 Å². The number of piperazine rings is 1. The SMILES string of the molecule is C[C@H](Oc1cc(C(=O)N[C@@H](CCC(=O)O)C(=O)N2CCN(C(=O)O)CC2)nn1-c1ccccc1)C(=O)N1CCC[C@H]1C(=O)NCC(F)(F)F. The summed E-state index contributed by atoms with van der Waals surface area (Å²) in [6.07, 6.45) is -7.22. The molecule has 1 aromatic carbocycles. The lowest BCUT2D eigenvalue weighted by Crippen LogP contribution is -2.55. The van der Waals surface area contributed by atoms with Crippen molar-refractivity contribution in [3.05, 3.63) is 42.1 Å². The van der Waals surface area contributed by atoms with Crippen molar-refractivity contribution in [3.63, 3.8) is 0 Å². The molecule has 16 nitrogen and oxygen atoms in total. The normalized spacial score (nSPS) is 17.6. The molecule has 49 heavy (non-hydrogen) atoms. The summed E-state index contributed by atoms with van der Waals surface area (Å²) in [5.74, 6) is -4.39. The van der Waals surface area contributed by atoms with E-state index in [1.165, 1.54) is 22.6 Å². The maximum absolute atomic E-state index is 13.5. The van der Waals surface area contributed by atoms with Crippen LogP contribution in [0.5, 0.6) is 5.88 Å². The van der Waals surface area contributed by atoms with E-state index in [1.807, 2.05) is 5.32 Å². The highest BCUT2D eigenvalue weighted by atomic mass is 19.4. The van der Waals surface area contributed by atoms with E-state index in [1.54, 1.807) is 30.3 Å². The zero-order valence-electron chi connectivity index (χ0n) is 26.4. The van der Waals surface area contributed by atoms with Crippen LogP contribution < -0.4 is 15.4 Å². The summed E-state index contributed by atoms with van der Waals surface area (Å²) in [5, 5.41) is 27.1. The van der Waals surface area contributed by atoms with Gasteiger partial charge in [-0.2, -0.15) is 18.3 Å². The van der Waals surface area contributed by atoms with Crippen molar-refractivity contribution in [2.45, 2.75) is 57.0 Å². The molecular formula is C30H36F3N7O9. The van der Waals surface area contributed by atoms with E-state index in [0.29, 0.717) is 12.1 Å². The van der Waals surface area contributed by atoms with Crippen molar-refractivity contribution in [1.82, 2.24) is 35.1 Å². The van der Waals surface area contributed by atoms with E-state index in [2.05, 4.69) is 10.4 Å². The standard InChI is InChI=1S/C30H36F3N7O9/c1-18(27(45)39-11-5-8-22(39)26(44)34-17-30(31,32)33)49-23-16-21(36-40(23)19-6-3-2-4-7-19)25(43)35-20(9-10-24(41)42)28(46)37-12-14-38(15-13-37)29(47)48/h2-4,6-7,16,18,20,22H,5,8-15,17H2,1H3,(H,34,44)(H,35,43)(H,41,42)(H,47,48)/t18-,20-,22-/m0/s1. The van der Waals surface area contributed by atoms with Gasteiger partial charge in [0.25, 0.3) is 11.8 Å². The van der Waals surface area contributed by atoms with Crippen LogP contribution in [-0.2, 0) is 19.2 Å². The largest absolute Gasteiger partial charge is 0.481 e. The van der Waals surface area contributed by atoms with Crippen LogP contribution in [0.25, 0.3) is 5.69 Å². The van der Waals surface area contributed by atoms with Crippen LogP contribution >= 0.6 is 0 Å². The Kier molecular flexibility index (Phi) is 11.7. The molecule has 2 aliphatic heterocycles. The number of aliphatic carboxylic acids is 1. The molecule has 0 saturated carbocycles. The van der Waals surface area contributed by atoms with Crippen molar-refractivity contribution < 1.29 is 56.9 Å². The molecule has 3 heterocycles. The third kappa shape index (κ3) is 9.60. The van der Waals surface area contributed by atoms with Gasteiger partial charge in [-0.25, -0.2) is 9.48 Å². The number of nitrogens with one attached hydrogen (secondary N) is 2. The number of aromatic nitrogens is 2. The Morgan fingerprint density at radius 3 is 2.24 bits per heavy atom. The number of amides is 5. The second kappa shape index (κ2) is 15.7. The van der Waals surface area contributed by atoms with Gasteiger partial charge in [-0.05, 0) is 38.3 Å². The molecule has 0 aliphatic carbocycles. The van der Waals surface area contributed by atoms with Crippen molar-refractivity contribution in [2.24, 2.45) is 0 Å². The number of hydrogen-bond donors (Lipinski definition) is 4. The summed E-state index contributed by atoms with van der Waals surface area (Å²) < 4.78 is 45.1. The molecule has 0 unspecified atom stereocenters. The Morgan fingerprint density at radius 1 is 0.980 bits per heavy atom. The Bertz CT molecular complexity index is 1540. The van der Waals surface area contributed by atoms with E-state index in [-0.39, 0.29) is 57.1 Å². The summed E-state index contributed by atoms with van der Waals surface area (Å²) in [7, 11) is 0. The number of benzene rings is 1. The predicted molar refractivity (Wildman–Crippen MR) is 162 cm³/mol. The fraction of sp³-hybridized carbons (Fsp3) is 0.500. The molecule has 0 spiro atoms. The van der Waals surface area contributed by atoms with Crippen LogP contribution in [0.4, 0.5) is 18.0 Å². The first-order valence-corrected chi connectivity index (χ1v) is 15.4. The molecule has 5 amide bonds. The second-order valence-corrected chi connectivity index (χ2v) is 11.5. The number of halogens is 3. The topological polar surface area (TPSA) is 204 Å². The zero-order valence-corrected chi connectivity index (χ0v) is 26.4. The molecule has 0 bridgehead atoms. The maximum Gasteiger partial charge on any atom is 0.407 e. The average molecular weight is 696 g/mol. The summed E-state index contributed by atoms with van der Waals surface area (Å²) in [5.41, 5.74) is 0.157. The minimum absolute atomic E-state index is 0.0379. The quantitative estimate of drug-likeness (QED) is 0.249. The molecule has 2 aromatic rings. The lowest BCUT2D eigenvalue weighted by Gasteiger charge is -2.35. The first-order valence-electron chi connectivity index (χ1n) is 15.4. The van der Waals surface area contributed by atoms with Gasteiger partial charge in [0.1, 0.15) is 18.6 Å². The maximum atomic E-state index is 13.5. The number of ether oxygens (including phenoxy) is 1. The van der Waals surface area contributed by atoms with Crippen LogP contribution in [0.1, 0.15) is 43.1 Å². The van der Waals surface area contributed by atoms with Gasteiger partial charge in [-0.15, -0.1) is 0 Å². The van der Waals surface area contributed by atoms with Crippen molar-refractivity contribution >= 4 is 35.7 Å². The smallest absolute Gasteiger partial charge is 0.407 e. The lowest BCUT2D eigenvalue weighted by atomic mass is 10.1. The van der Waals surface area contributed by atoms with Gasteiger partial charge in [-0.1, -0.05) is 18.2 Å². The first-order chi connectivity index (χ1) is 23.1. The Morgan fingerprint density at radius 2 is 1.63 bits per heavy atom. The molecule has 1 aromatic heterocycles. The molecule has 4 rings (SSSR count). The fourth-order valence-electron chi connectivity index (χ4n) is 5.48. The molecule has 2 fully saturated rings. The fourth-order valence-corrected chi connectivity index (χ4v) is 5.48. The molecule has 2 aliphatic rings. The number of para-hydroxylation sites is 1. The van der Waals surface area contributed by atoms with Gasteiger partial charge in [0.15, 0.2) is 11.8 Å². The van der Waals surface area contributed by atoms with E-state index in [4.69, 9.17) is 4.74 Å². The summed E-state index contributed by atoms with van der Waals surface area (Å²) in [6.45, 7) is 0.101. The molecular weight excluding hydrogens is 659 g/mol. The Hall–Kier alpha value is -5.36. The number of carboxylic acids is 1. The highest BCUT2D eigenvalue weighted by Crippen LogP contribution is 2.24. The van der Waals surface area contributed by atoms with Gasteiger partial charge in [0.05, 0.1) is 5.69 Å². The van der Waals surface area contributed by atoms with Crippen LogP contribution in [-0.4, -0.2) is 134 Å². The molecule has 266 valence electrons. The first kappa shape index (κ1) is 36.5. The average Bonchev–Trinajstić information content (AvgIpc) is 3.73. The molecule has 3 atom stereocenters. The third-order valence-electron chi connectivity index (χ3n) is 7.97. The number of carboxylic acid groups (broad SMARTS) is 2. The molecule has 0 radical (unpaired) electrons. The van der Waals surface area contributed by atoms with Crippen molar-refractivity contribution in [1.29, 1.82) is 0 Å². The monoisotopic (exact) mass is 695 g/mol. The number of rotatable bonds is 12. The number of nitrogens with zero attached hydrogens (tertiary/aromatic N) is 5. The van der Waals surface area contributed by atoms with E-state index in [9.17, 15) is 52.2 Å². The molecule has 2 saturated heterocycles. The lowest BCUT2D eigenvalue weighted by molar-refractivity contribution is -0.147. The summed E-state index contributed by atoms with van der Waals surface area (Å²) >= 11 is 0. The highest BCUT2D eigenvalue weighted by Gasteiger charge is 2.39.